The summed E-state index contributed by atoms with van der Waals surface area (Å²) in [6.07, 6.45) is 4.71. The summed E-state index contributed by atoms with van der Waals surface area (Å²) in [5, 5.41) is 10.2. The molecule has 0 saturated carbocycles. The van der Waals surface area contributed by atoms with Crippen LogP contribution in [0.5, 0.6) is 0 Å². The molecule has 1 unspecified atom stereocenters. The summed E-state index contributed by atoms with van der Waals surface area (Å²) in [5.41, 5.74) is 2.10. The number of benzene rings is 1. The smallest absolute Gasteiger partial charge is 0.108 e. The van der Waals surface area contributed by atoms with Gasteiger partial charge in [-0.25, -0.2) is 4.98 Å². The molecule has 0 saturated heterocycles. The second-order valence-corrected chi connectivity index (χ2v) is 5.49. The molecule has 2 rings (SSSR count). The Balaban J connectivity index is 2.03. The van der Waals surface area contributed by atoms with Crippen LogP contribution in [0.25, 0.3) is 0 Å². The maximum Gasteiger partial charge on any atom is 0.108 e. The third-order valence-electron chi connectivity index (χ3n) is 3.01. The van der Waals surface area contributed by atoms with Gasteiger partial charge in [0.15, 0.2) is 0 Å². The first-order valence-electron chi connectivity index (χ1n) is 5.97. The molecule has 0 bridgehead atoms. The molecule has 0 aliphatic carbocycles. The number of hydrogen-bond acceptors (Lipinski definition) is 2. The Kier molecular flexibility index (Phi) is 4.19. The fraction of sp³-hybridized carbons (Fsp3) is 0.357. The van der Waals surface area contributed by atoms with Gasteiger partial charge < -0.3 is 9.67 Å². The number of aryl methyl sites for hydroxylation is 3. The van der Waals surface area contributed by atoms with E-state index < -0.39 is 6.10 Å². The maximum absolute atomic E-state index is 10.2. The van der Waals surface area contributed by atoms with E-state index in [1.807, 2.05) is 42.9 Å². The predicted molar refractivity (Wildman–Crippen MR) is 75.4 cm³/mol. The van der Waals surface area contributed by atoms with E-state index in [4.69, 9.17) is 0 Å². The van der Waals surface area contributed by atoms with Gasteiger partial charge in [-0.3, -0.25) is 0 Å². The summed E-state index contributed by atoms with van der Waals surface area (Å²) in [6, 6.07) is 6.03. The molecule has 1 aromatic carbocycles. The van der Waals surface area contributed by atoms with Gasteiger partial charge >= 0.3 is 0 Å². The molecular weight excluding hydrogens is 292 g/mol. The average Bonchev–Trinajstić information content (AvgIpc) is 2.70. The topological polar surface area (TPSA) is 38.1 Å². The summed E-state index contributed by atoms with van der Waals surface area (Å²) in [6.45, 7) is 2.03. The van der Waals surface area contributed by atoms with E-state index in [9.17, 15) is 5.11 Å². The molecule has 1 aromatic heterocycles. The van der Waals surface area contributed by atoms with Crippen molar-refractivity contribution in [3.8, 4) is 0 Å². The van der Waals surface area contributed by atoms with Crippen LogP contribution < -0.4 is 0 Å². The van der Waals surface area contributed by atoms with Crippen molar-refractivity contribution < 1.29 is 5.11 Å². The SMILES string of the molecule is Cc1cc(Br)cc(C(O)CCc2nccn2C)c1. The predicted octanol–water partition coefficient (Wildman–Crippen LogP) is 3.16. The zero-order chi connectivity index (χ0) is 13.1. The Hall–Kier alpha value is -1.13. The van der Waals surface area contributed by atoms with Crippen molar-refractivity contribution in [2.75, 3.05) is 0 Å². The number of hydrogen-bond donors (Lipinski definition) is 1. The van der Waals surface area contributed by atoms with Crippen molar-refractivity contribution in [3.05, 3.63) is 52.0 Å². The van der Waals surface area contributed by atoms with Crippen molar-refractivity contribution in [1.82, 2.24) is 9.55 Å². The highest BCUT2D eigenvalue weighted by Gasteiger charge is 2.10. The highest BCUT2D eigenvalue weighted by Crippen LogP contribution is 2.23. The van der Waals surface area contributed by atoms with Crippen molar-refractivity contribution in [2.45, 2.75) is 25.9 Å². The number of nitrogens with zero attached hydrogens (tertiary/aromatic N) is 2. The van der Waals surface area contributed by atoms with Crippen LogP contribution in [0.3, 0.4) is 0 Å². The van der Waals surface area contributed by atoms with Gasteiger partial charge in [0.1, 0.15) is 5.82 Å². The Morgan fingerprint density at radius 1 is 1.39 bits per heavy atom. The number of rotatable bonds is 4. The quantitative estimate of drug-likeness (QED) is 0.942. The van der Waals surface area contributed by atoms with Crippen LogP contribution in [-0.4, -0.2) is 14.7 Å². The molecule has 4 heteroatoms. The molecule has 1 N–H and O–H groups in total. The van der Waals surface area contributed by atoms with Crippen LogP contribution in [0.1, 0.15) is 29.5 Å². The van der Waals surface area contributed by atoms with Crippen molar-refractivity contribution in [1.29, 1.82) is 0 Å². The van der Waals surface area contributed by atoms with Gasteiger partial charge in [0, 0.05) is 30.3 Å². The minimum absolute atomic E-state index is 0.446. The lowest BCUT2D eigenvalue weighted by Gasteiger charge is -2.12. The minimum atomic E-state index is -0.446. The number of aliphatic hydroxyl groups is 1. The van der Waals surface area contributed by atoms with E-state index in [1.165, 1.54) is 0 Å². The fourth-order valence-electron chi connectivity index (χ4n) is 2.03. The minimum Gasteiger partial charge on any atom is -0.388 e. The van der Waals surface area contributed by atoms with E-state index >= 15 is 0 Å². The summed E-state index contributed by atoms with van der Waals surface area (Å²) in [5.74, 6) is 1.00. The van der Waals surface area contributed by atoms with Crippen LogP contribution >= 0.6 is 15.9 Å². The molecule has 0 aliphatic heterocycles. The van der Waals surface area contributed by atoms with E-state index in [-0.39, 0.29) is 0 Å². The van der Waals surface area contributed by atoms with Gasteiger partial charge in [0.05, 0.1) is 6.10 Å². The molecule has 3 nitrogen and oxygen atoms in total. The molecule has 1 atom stereocenters. The first kappa shape index (κ1) is 13.3. The molecule has 0 fully saturated rings. The van der Waals surface area contributed by atoms with E-state index in [0.29, 0.717) is 6.42 Å². The Labute approximate surface area is 116 Å². The molecule has 0 amide bonds. The van der Waals surface area contributed by atoms with Crippen LogP contribution in [0.4, 0.5) is 0 Å². The van der Waals surface area contributed by atoms with Gasteiger partial charge in [-0.05, 0) is 36.6 Å². The number of imidazole rings is 1. The molecule has 2 aromatic rings. The van der Waals surface area contributed by atoms with Gasteiger partial charge in [-0.15, -0.1) is 0 Å². The first-order chi connectivity index (χ1) is 8.56. The Morgan fingerprint density at radius 2 is 2.17 bits per heavy atom. The Morgan fingerprint density at radius 3 is 2.78 bits per heavy atom. The summed E-state index contributed by atoms with van der Waals surface area (Å²) in [4.78, 5) is 4.26. The van der Waals surface area contributed by atoms with Crippen LogP contribution in [0.15, 0.2) is 35.1 Å². The van der Waals surface area contributed by atoms with Crippen molar-refractivity contribution in [3.63, 3.8) is 0 Å². The zero-order valence-electron chi connectivity index (χ0n) is 10.6. The lowest BCUT2D eigenvalue weighted by atomic mass is 10.0. The maximum atomic E-state index is 10.2. The first-order valence-corrected chi connectivity index (χ1v) is 6.77. The zero-order valence-corrected chi connectivity index (χ0v) is 12.2. The third-order valence-corrected chi connectivity index (χ3v) is 3.47. The van der Waals surface area contributed by atoms with E-state index in [0.717, 1.165) is 27.8 Å². The van der Waals surface area contributed by atoms with E-state index in [1.54, 1.807) is 6.20 Å². The van der Waals surface area contributed by atoms with E-state index in [2.05, 4.69) is 20.9 Å². The molecule has 0 aliphatic rings. The lowest BCUT2D eigenvalue weighted by molar-refractivity contribution is 0.166. The molecule has 96 valence electrons. The highest BCUT2D eigenvalue weighted by molar-refractivity contribution is 9.10. The van der Waals surface area contributed by atoms with Gasteiger partial charge in [0.2, 0.25) is 0 Å². The molecule has 1 heterocycles. The number of aromatic nitrogens is 2. The number of aliphatic hydroxyl groups excluding tert-OH is 1. The molecule has 0 spiro atoms. The number of halogens is 1. The second-order valence-electron chi connectivity index (χ2n) is 4.57. The summed E-state index contributed by atoms with van der Waals surface area (Å²) >= 11 is 3.46. The third kappa shape index (κ3) is 3.21. The van der Waals surface area contributed by atoms with Crippen molar-refractivity contribution in [2.24, 2.45) is 7.05 Å². The average molecular weight is 309 g/mol. The van der Waals surface area contributed by atoms with Gasteiger partial charge in [0.25, 0.3) is 0 Å². The standard InChI is InChI=1S/C14H17BrN2O/c1-10-7-11(9-12(15)8-10)13(18)3-4-14-16-5-6-17(14)2/h5-9,13,18H,3-4H2,1-2H3. The monoisotopic (exact) mass is 308 g/mol. The molecular formula is C14H17BrN2O. The second kappa shape index (κ2) is 5.67. The largest absolute Gasteiger partial charge is 0.388 e. The molecule has 18 heavy (non-hydrogen) atoms. The van der Waals surface area contributed by atoms with Gasteiger partial charge in [-0.1, -0.05) is 22.0 Å². The van der Waals surface area contributed by atoms with Crippen molar-refractivity contribution >= 4 is 15.9 Å². The highest BCUT2D eigenvalue weighted by atomic mass is 79.9. The lowest BCUT2D eigenvalue weighted by Crippen LogP contribution is -2.04. The van der Waals surface area contributed by atoms with Crippen LogP contribution in [0.2, 0.25) is 0 Å². The van der Waals surface area contributed by atoms with Crippen LogP contribution in [0, 0.1) is 6.92 Å². The summed E-state index contributed by atoms with van der Waals surface area (Å²) < 4.78 is 2.99. The fourth-order valence-corrected chi connectivity index (χ4v) is 2.65. The van der Waals surface area contributed by atoms with Gasteiger partial charge in [-0.2, -0.15) is 0 Å². The normalized spacial score (nSPS) is 12.7. The Bertz CT molecular complexity index is 516. The van der Waals surface area contributed by atoms with Crippen LogP contribution in [-0.2, 0) is 13.5 Å². The summed E-state index contributed by atoms with van der Waals surface area (Å²) in [7, 11) is 1.97. The molecule has 0 radical (unpaired) electrons.